The van der Waals surface area contributed by atoms with E-state index in [0.29, 0.717) is 0 Å². The van der Waals surface area contributed by atoms with Gasteiger partial charge >= 0.3 is 5.63 Å². The Labute approximate surface area is 116 Å². The monoisotopic (exact) mass is 294 g/mol. The third-order valence-corrected chi connectivity index (χ3v) is 3.28. The Morgan fingerprint density at radius 2 is 1.76 bits per heavy atom. The van der Waals surface area contributed by atoms with Gasteiger partial charge in [-0.15, -0.1) is 0 Å². The lowest BCUT2D eigenvalue weighted by molar-refractivity contribution is 0.373. The molecular formula is C15H9F3O3. The molecule has 0 amide bonds. The molecule has 0 aliphatic carbocycles. The number of halogens is 3. The first kappa shape index (κ1) is 13.5. The van der Waals surface area contributed by atoms with E-state index in [-0.39, 0.29) is 27.3 Å². The maximum absolute atomic E-state index is 14.2. The smallest absolute Gasteiger partial charge is 0.344 e. The van der Waals surface area contributed by atoms with Crippen molar-refractivity contribution in [1.82, 2.24) is 0 Å². The molecule has 1 heterocycles. The van der Waals surface area contributed by atoms with Crippen molar-refractivity contribution < 1.29 is 22.7 Å². The molecule has 1 aromatic heterocycles. The average molecular weight is 294 g/mol. The second-order valence-corrected chi connectivity index (χ2v) is 4.73. The van der Waals surface area contributed by atoms with Crippen LogP contribution in [-0.4, -0.2) is 5.11 Å². The van der Waals surface area contributed by atoms with Gasteiger partial charge in [0.05, 0.1) is 10.8 Å². The van der Waals surface area contributed by atoms with Crippen LogP contribution in [0, 0.1) is 11.6 Å². The molecule has 0 spiro atoms. The lowest BCUT2D eigenvalue weighted by Gasteiger charge is -2.08. The van der Waals surface area contributed by atoms with Gasteiger partial charge < -0.3 is 9.52 Å². The Morgan fingerprint density at radius 1 is 1.10 bits per heavy atom. The number of hydrogen-bond donors (Lipinski definition) is 1. The number of fused-ring (bicyclic) bond motifs is 3. The van der Waals surface area contributed by atoms with Crippen LogP contribution in [0.3, 0.4) is 0 Å². The van der Waals surface area contributed by atoms with Gasteiger partial charge in [0.25, 0.3) is 0 Å². The van der Waals surface area contributed by atoms with Gasteiger partial charge in [0.1, 0.15) is 29.1 Å². The first-order valence-corrected chi connectivity index (χ1v) is 6.11. The first-order chi connectivity index (χ1) is 9.88. The fraction of sp³-hybridized carbons (Fsp3) is 0.133. The van der Waals surface area contributed by atoms with E-state index in [4.69, 9.17) is 4.42 Å². The largest absolute Gasteiger partial charge is 0.508 e. The molecule has 0 saturated carbocycles. The fourth-order valence-corrected chi connectivity index (χ4v) is 2.32. The summed E-state index contributed by atoms with van der Waals surface area (Å²) in [4.78, 5) is 11.9. The molecule has 0 aliphatic rings. The Bertz CT molecular complexity index is 929. The van der Waals surface area contributed by atoms with Crippen molar-refractivity contribution in [2.75, 3.05) is 0 Å². The predicted octanol–water partition coefficient (Wildman–Crippen LogP) is 3.96. The quantitative estimate of drug-likeness (QED) is 0.546. The summed E-state index contributed by atoms with van der Waals surface area (Å²) in [7, 11) is 0. The summed E-state index contributed by atoms with van der Waals surface area (Å²) < 4.78 is 46.4. The summed E-state index contributed by atoms with van der Waals surface area (Å²) in [6, 6.07) is 3.86. The molecule has 1 atom stereocenters. The SMILES string of the molecule is CC(F)c1cc(F)c2c(c1)c(=O)oc1cc(O)cc(F)c12. The molecule has 0 radical (unpaired) electrons. The van der Waals surface area contributed by atoms with Crippen LogP contribution in [-0.2, 0) is 0 Å². The number of phenols is 1. The molecule has 3 rings (SSSR count). The lowest BCUT2D eigenvalue weighted by atomic mass is 10.0. The van der Waals surface area contributed by atoms with Crippen LogP contribution in [0.15, 0.2) is 33.5 Å². The summed E-state index contributed by atoms with van der Waals surface area (Å²) in [5.41, 5.74) is -1.24. The number of hydrogen-bond acceptors (Lipinski definition) is 3. The molecule has 108 valence electrons. The Kier molecular flexibility index (Phi) is 2.90. The summed E-state index contributed by atoms with van der Waals surface area (Å²) in [5.74, 6) is -2.30. The van der Waals surface area contributed by atoms with E-state index >= 15 is 0 Å². The number of rotatable bonds is 1. The summed E-state index contributed by atoms with van der Waals surface area (Å²) >= 11 is 0. The Morgan fingerprint density at radius 3 is 2.43 bits per heavy atom. The number of benzene rings is 2. The molecule has 2 aromatic carbocycles. The molecule has 0 bridgehead atoms. The summed E-state index contributed by atoms with van der Waals surface area (Å²) in [6.45, 7) is 1.20. The minimum Gasteiger partial charge on any atom is -0.508 e. The van der Waals surface area contributed by atoms with Gasteiger partial charge in [-0.25, -0.2) is 18.0 Å². The Balaban J connectivity index is 2.59. The van der Waals surface area contributed by atoms with Crippen LogP contribution in [0.2, 0.25) is 0 Å². The minimum atomic E-state index is -1.48. The molecule has 3 aromatic rings. The highest BCUT2D eigenvalue weighted by Gasteiger charge is 2.18. The van der Waals surface area contributed by atoms with Crippen molar-refractivity contribution in [2.24, 2.45) is 0 Å². The molecule has 1 N–H and O–H groups in total. The average Bonchev–Trinajstić information content (AvgIpc) is 2.38. The van der Waals surface area contributed by atoms with Crippen molar-refractivity contribution >= 4 is 21.7 Å². The molecular weight excluding hydrogens is 285 g/mol. The van der Waals surface area contributed by atoms with Crippen LogP contribution in [0.5, 0.6) is 5.75 Å². The zero-order valence-electron chi connectivity index (χ0n) is 10.8. The van der Waals surface area contributed by atoms with Gasteiger partial charge in [0.2, 0.25) is 0 Å². The molecule has 0 aliphatic heterocycles. The predicted molar refractivity (Wildman–Crippen MR) is 71.1 cm³/mol. The topological polar surface area (TPSA) is 50.4 Å². The van der Waals surface area contributed by atoms with Crippen molar-refractivity contribution in [3.8, 4) is 5.75 Å². The van der Waals surface area contributed by atoms with Gasteiger partial charge in [0, 0.05) is 17.5 Å². The van der Waals surface area contributed by atoms with E-state index in [1.807, 2.05) is 0 Å². The van der Waals surface area contributed by atoms with Crippen molar-refractivity contribution in [3.05, 3.63) is 51.9 Å². The van der Waals surface area contributed by atoms with E-state index in [2.05, 4.69) is 0 Å². The van der Waals surface area contributed by atoms with E-state index in [9.17, 15) is 23.1 Å². The van der Waals surface area contributed by atoms with Gasteiger partial charge in [-0.05, 0) is 24.6 Å². The Hall–Kier alpha value is -2.50. The van der Waals surface area contributed by atoms with Gasteiger partial charge in [-0.3, -0.25) is 0 Å². The third kappa shape index (κ3) is 2.03. The first-order valence-electron chi connectivity index (χ1n) is 6.11. The molecule has 0 saturated heterocycles. The van der Waals surface area contributed by atoms with E-state index < -0.39 is 29.2 Å². The van der Waals surface area contributed by atoms with Crippen LogP contribution < -0.4 is 5.63 Å². The second kappa shape index (κ2) is 4.51. The van der Waals surface area contributed by atoms with Crippen LogP contribution in [0.4, 0.5) is 13.2 Å². The number of aromatic hydroxyl groups is 1. The van der Waals surface area contributed by atoms with Crippen molar-refractivity contribution in [3.63, 3.8) is 0 Å². The molecule has 21 heavy (non-hydrogen) atoms. The highest BCUT2D eigenvalue weighted by molar-refractivity contribution is 6.05. The molecule has 6 heteroatoms. The van der Waals surface area contributed by atoms with Crippen LogP contribution in [0.25, 0.3) is 21.7 Å². The van der Waals surface area contributed by atoms with E-state index in [1.54, 1.807) is 0 Å². The zero-order valence-corrected chi connectivity index (χ0v) is 10.8. The minimum absolute atomic E-state index is 0.0363. The number of phenolic OH excluding ortho intramolecular Hbond substituents is 1. The van der Waals surface area contributed by atoms with Gasteiger partial charge in [0.15, 0.2) is 0 Å². The third-order valence-electron chi connectivity index (χ3n) is 3.28. The van der Waals surface area contributed by atoms with Gasteiger partial charge in [-0.2, -0.15) is 0 Å². The lowest BCUT2D eigenvalue weighted by Crippen LogP contribution is -2.04. The number of alkyl halides is 1. The standard InChI is InChI=1S/C15H9F3O3/c1-6(16)7-2-9-13(10(17)3-7)14-11(18)4-8(19)5-12(14)21-15(9)20/h2-6,19H,1H3. The van der Waals surface area contributed by atoms with Gasteiger partial charge in [-0.1, -0.05) is 0 Å². The van der Waals surface area contributed by atoms with Crippen LogP contribution >= 0.6 is 0 Å². The second-order valence-electron chi connectivity index (χ2n) is 4.73. The van der Waals surface area contributed by atoms with Crippen molar-refractivity contribution in [2.45, 2.75) is 13.1 Å². The molecule has 1 unspecified atom stereocenters. The van der Waals surface area contributed by atoms with E-state index in [0.717, 1.165) is 24.3 Å². The maximum atomic E-state index is 14.2. The van der Waals surface area contributed by atoms with Crippen molar-refractivity contribution in [1.29, 1.82) is 0 Å². The highest BCUT2D eigenvalue weighted by atomic mass is 19.1. The molecule has 3 nitrogen and oxygen atoms in total. The maximum Gasteiger partial charge on any atom is 0.344 e. The zero-order chi connectivity index (χ0) is 15.3. The highest BCUT2D eigenvalue weighted by Crippen LogP contribution is 2.32. The molecule has 0 fully saturated rings. The van der Waals surface area contributed by atoms with Crippen LogP contribution in [0.1, 0.15) is 18.7 Å². The normalized spacial score (nSPS) is 13.0. The summed E-state index contributed by atoms with van der Waals surface area (Å²) in [5, 5.41) is 8.52. The fourth-order valence-electron chi connectivity index (χ4n) is 2.32. The summed E-state index contributed by atoms with van der Waals surface area (Å²) in [6.07, 6.45) is -1.48. The van der Waals surface area contributed by atoms with E-state index in [1.165, 1.54) is 6.92 Å².